The number of aryl methyl sites for hydroxylation is 1. The molecule has 1 aromatic heterocycles. The predicted molar refractivity (Wildman–Crippen MR) is 104 cm³/mol. The van der Waals surface area contributed by atoms with Crippen LogP contribution in [0.4, 0.5) is 5.82 Å². The highest BCUT2D eigenvalue weighted by Gasteiger charge is 2.25. The highest BCUT2D eigenvalue weighted by Crippen LogP contribution is 2.25. The molecule has 1 aliphatic heterocycles. The molecule has 0 radical (unpaired) electrons. The normalized spacial score (nSPS) is 17.6. The van der Waals surface area contributed by atoms with Gasteiger partial charge >= 0.3 is 0 Å². The van der Waals surface area contributed by atoms with Gasteiger partial charge in [-0.2, -0.15) is 0 Å². The van der Waals surface area contributed by atoms with Crippen LogP contribution in [0.15, 0.2) is 47.6 Å². The number of pyridine rings is 1. The summed E-state index contributed by atoms with van der Waals surface area (Å²) in [7, 11) is 1.80. The van der Waals surface area contributed by atoms with Gasteiger partial charge in [0.1, 0.15) is 5.82 Å². The minimum absolute atomic E-state index is 0.321. The second-order valence-corrected chi connectivity index (χ2v) is 6.64. The molecule has 5 nitrogen and oxygen atoms in total. The zero-order valence-corrected chi connectivity index (χ0v) is 15.4. The van der Waals surface area contributed by atoms with Gasteiger partial charge in [-0.1, -0.05) is 35.9 Å². The van der Waals surface area contributed by atoms with E-state index in [9.17, 15) is 0 Å². The summed E-state index contributed by atoms with van der Waals surface area (Å²) in [5, 5.41) is 7.60. The lowest BCUT2D eigenvalue weighted by molar-refractivity contribution is 0.648. The van der Waals surface area contributed by atoms with Gasteiger partial charge in [0, 0.05) is 38.9 Å². The molecular formula is C19H24ClN5. The molecule has 0 bridgehead atoms. The van der Waals surface area contributed by atoms with Crippen LogP contribution in [0.5, 0.6) is 0 Å². The Labute approximate surface area is 154 Å². The van der Waals surface area contributed by atoms with Crippen molar-refractivity contribution in [3.8, 4) is 0 Å². The minimum atomic E-state index is 0.321. The number of rotatable bonds is 4. The van der Waals surface area contributed by atoms with Gasteiger partial charge in [0.15, 0.2) is 5.96 Å². The van der Waals surface area contributed by atoms with E-state index in [0.717, 1.165) is 37.8 Å². The first-order valence-corrected chi connectivity index (χ1v) is 8.92. The lowest BCUT2D eigenvalue weighted by Crippen LogP contribution is -2.44. The molecule has 1 saturated heterocycles. The van der Waals surface area contributed by atoms with Crippen molar-refractivity contribution in [2.45, 2.75) is 25.9 Å². The third kappa shape index (κ3) is 4.42. The molecular weight excluding hydrogens is 334 g/mol. The fourth-order valence-corrected chi connectivity index (χ4v) is 3.30. The van der Waals surface area contributed by atoms with E-state index in [1.807, 2.05) is 12.1 Å². The zero-order chi connectivity index (χ0) is 17.6. The molecule has 1 unspecified atom stereocenters. The maximum atomic E-state index is 6.26. The second-order valence-electron chi connectivity index (χ2n) is 6.24. The van der Waals surface area contributed by atoms with Crippen LogP contribution in [0.1, 0.15) is 17.5 Å². The Morgan fingerprint density at radius 1 is 1.32 bits per heavy atom. The van der Waals surface area contributed by atoms with Gasteiger partial charge in [0.25, 0.3) is 0 Å². The van der Waals surface area contributed by atoms with Crippen molar-refractivity contribution < 1.29 is 0 Å². The number of guanidine groups is 1. The van der Waals surface area contributed by atoms with Crippen LogP contribution in [-0.4, -0.2) is 37.1 Å². The molecule has 25 heavy (non-hydrogen) atoms. The molecule has 2 heterocycles. The fourth-order valence-electron chi connectivity index (χ4n) is 3.06. The maximum absolute atomic E-state index is 6.26. The van der Waals surface area contributed by atoms with E-state index in [-0.39, 0.29) is 0 Å². The Morgan fingerprint density at radius 3 is 2.92 bits per heavy atom. The molecule has 1 aromatic carbocycles. The van der Waals surface area contributed by atoms with Crippen LogP contribution in [0.25, 0.3) is 0 Å². The lowest BCUT2D eigenvalue weighted by atomic mass is 10.1. The number of hydrogen-bond donors (Lipinski definition) is 2. The first-order valence-electron chi connectivity index (χ1n) is 8.54. The molecule has 0 aliphatic carbocycles. The van der Waals surface area contributed by atoms with Crippen molar-refractivity contribution >= 4 is 23.4 Å². The molecule has 2 aromatic rings. The van der Waals surface area contributed by atoms with Crippen molar-refractivity contribution in [1.29, 1.82) is 0 Å². The maximum Gasteiger partial charge on any atom is 0.191 e. The SMILES string of the molecule is CN=C(NCc1ccccc1C)NC1CCN(c2ncccc2Cl)C1. The van der Waals surface area contributed by atoms with Crippen LogP contribution in [0.3, 0.4) is 0 Å². The van der Waals surface area contributed by atoms with Crippen molar-refractivity contribution in [3.63, 3.8) is 0 Å². The van der Waals surface area contributed by atoms with E-state index in [1.165, 1.54) is 11.1 Å². The Hall–Kier alpha value is -2.27. The smallest absolute Gasteiger partial charge is 0.191 e. The lowest BCUT2D eigenvalue weighted by Gasteiger charge is -2.20. The van der Waals surface area contributed by atoms with Gasteiger partial charge in [-0.15, -0.1) is 0 Å². The number of aromatic nitrogens is 1. The van der Waals surface area contributed by atoms with E-state index in [2.05, 4.69) is 56.7 Å². The number of aliphatic imine (C=N–C) groups is 1. The van der Waals surface area contributed by atoms with E-state index in [0.29, 0.717) is 11.1 Å². The zero-order valence-electron chi connectivity index (χ0n) is 14.7. The van der Waals surface area contributed by atoms with E-state index in [4.69, 9.17) is 11.6 Å². The van der Waals surface area contributed by atoms with Gasteiger partial charge in [0.2, 0.25) is 0 Å². The monoisotopic (exact) mass is 357 g/mol. The predicted octanol–water partition coefficient (Wildman–Crippen LogP) is 2.99. The number of hydrogen-bond acceptors (Lipinski definition) is 3. The highest BCUT2D eigenvalue weighted by atomic mass is 35.5. The quantitative estimate of drug-likeness (QED) is 0.652. The summed E-state index contributed by atoms with van der Waals surface area (Å²) < 4.78 is 0. The molecule has 2 N–H and O–H groups in total. The Morgan fingerprint density at radius 2 is 2.16 bits per heavy atom. The molecule has 0 saturated carbocycles. The minimum Gasteiger partial charge on any atom is -0.353 e. The third-order valence-electron chi connectivity index (χ3n) is 4.50. The topological polar surface area (TPSA) is 52.6 Å². The van der Waals surface area contributed by atoms with Crippen molar-refractivity contribution in [2.24, 2.45) is 4.99 Å². The number of benzene rings is 1. The molecule has 3 rings (SSSR count). The van der Waals surface area contributed by atoms with Crippen LogP contribution >= 0.6 is 11.6 Å². The van der Waals surface area contributed by atoms with Gasteiger partial charge in [-0.3, -0.25) is 4.99 Å². The summed E-state index contributed by atoms with van der Waals surface area (Å²) in [5.41, 5.74) is 2.56. The van der Waals surface area contributed by atoms with Gasteiger partial charge in [-0.05, 0) is 36.6 Å². The molecule has 1 atom stereocenters. The van der Waals surface area contributed by atoms with Crippen LogP contribution in [-0.2, 0) is 6.54 Å². The van der Waals surface area contributed by atoms with E-state index >= 15 is 0 Å². The highest BCUT2D eigenvalue weighted by molar-refractivity contribution is 6.32. The van der Waals surface area contributed by atoms with Crippen molar-refractivity contribution in [3.05, 3.63) is 58.7 Å². The van der Waals surface area contributed by atoms with Crippen LogP contribution in [0.2, 0.25) is 5.02 Å². The molecule has 6 heteroatoms. The summed E-state index contributed by atoms with van der Waals surface area (Å²) in [4.78, 5) is 11.0. The molecule has 132 valence electrons. The summed E-state index contributed by atoms with van der Waals surface area (Å²) in [6, 6.07) is 12.4. The number of halogens is 1. The van der Waals surface area contributed by atoms with Gasteiger partial charge in [-0.25, -0.2) is 4.98 Å². The Balaban J connectivity index is 1.55. The van der Waals surface area contributed by atoms with Crippen LogP contribution < -0.4 is 15.5 Å². The molecule has 0 amide bonds. The number of nitrogens with one attached hydrogen (secondary N) is 2. The van der Waals surface area contributed by atoms with E-state index < -0.39 is 0 Å². The molecule has 0 spiro atoms. The number of anilines is 1. The summed E-state index contributed by atoms with van der Waals surface area (Å²) >= 11 is 6.26. The van der Waals surface area contributed by atoms with Gasteiger partial charge < -0.3 is 15.5 Å². The average Bonchev–Trinajstić information content (AvgIpc) is 3.08. The largest absolute Gasteiger partial charge is 0.353 e. The van der Waals surface area contributed by atoms with Crippen molar-refractivity contribution in [2.75, 3.05) is 25.0 Å². The first-order chi connectivity index (χ1) is 12.2. The summed E-state index contributed by atoms with van der Waals surface area (Å²) in [5.74, 6) is 1.68. The first kappa shape index (κ1) is 17.5. The van der Waals surface area contributed by atoms with Crippen molar-refractivity contribution in [1.82, 2.24) is 15.6 Å². The Bertz CT molecular complexity index is 746. The second kappa shape index (κ2) is 8.21. The van der Waals surface area contributed by atoms with Gasteiger partial charge in [0.05, 0.1) is 5.02 Å². The average molecular weight is 358 g/mol. The standard InChI is InChI=1S/C19H24ClN5/c1-14-6-3-4-7-15(14)12-23-19(21-2)24-16-9-11-25(13-16)18-17(20)8-5-10-22-18/h3-8,10,16H,9,11-13H2,1-2H3,(H2,21,23,24). The molecule has 1 aliphatic rings. The van der Waals surface area contributed by atoms with E-state index in [1.54, 1.807) is 13.2 Å². The summed E-state index contributed by atoms with van der Waals surface area (Å²) in [6.45, 7) is 4.68. The molecule has 1 fully saturated rings. The Kier molecular flexibility index (Phi) is 5.76. The fraction of sp³-hybridized carbons (Fsp3) is 0.368. The summed E-state index contributed by atoms with van der Waals surface area (Å²) in [6.07, 6.45) is 2.81. The van der Waals surface area contributed by atoms with Crippen LogP contribution in [0, 0.1) is 6.92 Å². The third-order valence-corrected chi connectivity index (χ3v) is 4.79. The number of nitrogens with zero attached hydrogens (tertiary/aromatic N) is 3.